The van der Waals surface area contributed by atoms with E-state index in [2.05, 4.69) is 15.4 Å². The minimum absolute atomic E-state index is 0.578. The van der Waals surface area contributed by atoms with Gasteiger partial charge in [0.2, 0.25) is 0 Å². The van der Waals surface area contributed by atoms with E-state index in [1.807, 2.05) is 59.2 Å². The zero-order chi connectivity index (χ0) is 16.4. The summed E-state index contributed by atoms with van der Waals surface area (Å²) in [5, 5.41) is 7.88. The van der Waals surface area contributed by atoms with Crippen LogP contribution in [0.4, 0.5) is 5.82 Å². The van der Waals surface area contributed by atoms with Crippen molar-refractivity contribution >= 4 is 11.5 Å². The standard InChI is InChI=1S/C18H16N4O2/c1-23-14-5-2-4-13(10-14)16-12-20-18-8-7-17(21-22(16)18)19-11-15-6-3-9-24-15/h2-10,12H,11H2,1H3,(H,19,21). The largest absolute Gasteiger partial charge is 0.497 e. The van der Waals surface area contributed by atoms with Crippen LogP contribution in [0.5, 0.6) is 5.75 Å². The van der Waals surface area contributed by atoms with Gasteiger partial charge in [0.25, 0.3) is 0 Å². The Labute approximate surface area is 138 Å². The SMILES string of the molecule is COc1cccc(-c2cnc3ccc(NCc4ccco4)nn23)c1. The Bertz CT molecular complexity index is 960. The highest BCUT2D eigenvalue weighted by molar-refractivity contribution is 5.65. The van der Waals surface area contributed by atoms with Crippen LogP contribution in [0.2, 0.25) is 0 Å². The number of hydrogen-bond donors (Lipinski definition) is 1. The van der Waals surface area contributed by atoms with E-state index >= 15 is 0 Å². The van der Waals surface area contributed by atoms with Crippen LogP contribution >= 0.6 is 0 Å². The number of aromatic nitrogens is 3. The molecule has 3 heterocycles. The number of fused-ring (bicyclic) bond motifs is 1. The Morgan fingerprint density at radius 2 is 2.12 bits per heavy atom. The van der Waals surface area contributed by atoms with Crippen LogP contribution < -0.4 is 10.1 Å². The molecule has 3 aromatic heterocycles. The van der Waals surface area contributed by atoms with E-state index in [0.29, 0.717) is 6.54 Å². The second kappa shape index (κ2) is 6.08. The summed E-state index contributed by atoms with van der Waals surface area (Å²) >= 11 is 0. The summed E-state index contributed by atoms with van der Waals surface area (Å²) in [5.74, 6) is 2.41. The predicted octanol–water partition coefficient (Wildman–Crippen LogP) is 3.61. The van der Waals surface area contributed by atoms with Crippen molar-refractivity contribution < 1.29 is 9.15 Å². The lowest BCUT2D eigenvalue weighted by Crippen LogP contribution is -2.04. The highest BCUT2D eigenvalue weighted by Gasteiger charge is 2.09. The molecule has 0 radical (unpaired) electrons. The Balaban J connectivity index is 1.67. The van der Waals surface area contributed by atoms with Gasteiger partial charge in [-0.25, -0.2) is 9.50 Å². The number of ether oxygens (including phenoxy) is 1. The second-order valence-electron chi connectivity index (χ2n) is 5.30. The first-order valence-corrected chi connectivity index (χ1v) is 7.59. The Morgan fingerprint density at radius 3 is 2.96 bits per heavy atom. The summed E-state index contributed by atoms with van der Waals surface area (Å²) in [6.07, 6.45) is 3.47. The Kier molecular flexibility index (Phi) is 3.63. The molecule has 1 aromatic carbocycles. The van der Waals surface area contributed by atoms with Gasteiger partial charge in [0.15, 0.2) is 5.65 Å². The molecule has 0 saturated heterocycles. The van der Waals surface area contributed by atoms with Crippen molar-refractivity contribution in [3.05, 3.63) is 66.8 Å². The van der Waals surface area contributed by atoms with E-state index in [9.17, 15) is 0 Å². The van der Waals surface area contributed by atoms with Crippen LogP contribution in [0.25, 0.3) is 16.9 Å². The molecule has 0 aliphatic rings. The summed E-state index contributed by atoms with van der Waals surface area (Å²) in [6, 6.07) is 15.5. The van der Waals surface area contributed by atoms with Gasteiger partial charge >= 0.3 is 0 Å². The van der Waals surface area contributed by atoms with Gasteiger partial charge in [0.05, 0.1) is 31.8 Å². The van der Waals surface area contributed by atoms with Gasteiger partial charge in [0.1, 0.15) is 17.3 Å². The molecule has 24 heavy (non-hydrogen) atoms. The molecular weight excluding hydrogens is 304 g/mol. The fourth-order valence-corrected chi connectivity index (χ4v) is 2.54. The molecule has 6 nitrogen and oxygen atoms in total. The van der Waals surface area contributed by atoms with Crippen molar-refractivity contribution in [2.45, 2.75) is 6.54 Å². The maximum Gasteiger partial charge on any atom is 0.154 e. The maximum absolute atomic E-state index is 5.32. The van der Waals surface area contributed by atoms with Crippen LogP contribution in [-0.2, 0) is 6.54 Å². The zero-order valence-corrected chi connectivity index (χ0v) is 13.1. The van der Waals surface area contributed by atoms with Crippen molar-refractivity contribution in [2.24, 2.45) is 0 Å². The Hall–Kier alpha value is -3.28. The predicted molar refractivity (Wildman–Crippen MR) is 91.0 cm³/mol. The Morgan fingerprint density at radius 1 is 1.17 bits per heavy atom. The molecule has 4 rings (SSSR count). The topological polar surface area (TPSA) is 64.6 Å². The lowest BCUT2D eigenvalue weighted by molar-refractivity contribution is 0.415. The molecule has 0 amide bonds. The third-order valence-corrected chi connectivity index (χ3v) is 3.75. The summed E-state index contributed by atoms with van der Waals surface area (Å²) in [4.78, 5) is 4.42. The van der Waals surface area contributed by atoms with Gasteiger partial charge in [-0.2, -0.15) is 0 Å². The highest BCUT2D eigenvalue weighted by Crippen LogP contribution is 2.24. The van der Waals surface area contributed by atoms with Crippen molar-refractivity contribution in [1.82, 2.24) is 14.6 Å². The molecule has 0 spiro atoms. The first-order valence-electron chi connectivity index (χ1n) is 7.59. The molecule has 0 aliphatic heterocycles. The summed E-state index contributed by atoms with van der Waals surface area (Å²) in [5.41, 5.74) is 2.69. The van der Waals surface area contributed by atoms with E-state index in [0.717, 1.165) is 34.2 Å². The van der Waals surface area contributed by atoms with E-state index < -0.39 is 0 Å². The van der Waals surface area contributed by atoms with E-state index in [4.69, 9.17) is 9.15 Å². The average molecular weight is 320 g/mol. The molecular formula is C18H16N4O2. The normalized spacial score (nSPS) is 10.9. The van der Waals surface area contributed by atoms with Crippen molar-refractivity contribution in [3.8, 4) is 17.0 Å². The monoisotopic (exact) mass is 320 g/mol. The molecule has 0 bridgehead atoms. The number of imidazole rings is 1. The minimum atomic E-state index is 0.578. The third-order valence-electron chi connectivity index (χ3n) is 3.75. The van der Waals surface area contributed by atoms with Crippen LogP contribution in [0, 0.1) is 0 Å². The first-order chi connectivity index (χ1) is 11.8. The van der Waals surface area contributed by atoms with Crippen LogP contribution in [0.15, 0.2) is 65.4 Å². The van der Waals surface area contributed by atoms with Crippen LogP contribution in [0.1, 0.15) is 5.76 Å². The van der Waals surface area contributed by atoms with Crippen molar-refractivity contribution in [1.29, 1.82) is 0 Å². The molecule has 120 valence electrons. The van der Waals surface area contributed by atoms with E-state index in [1.54, 1.807) is 13.4 Å². The maximum atomic E-state index is 5.32. The lowest BCUT2D eigenvalue weighted by Gasteiger charge is -2.07. The molecule has 4 aromatic rings. The van der Waals surface area contributed by atoms with Gasteiger partial charge in [-0.05, 0) is 36.4 Å². The quantitative estimate of drug-likeness (QED) is 0.608. The number of rotatable bonds is 5. The highest BCUT2D eigenvalue weighted by atomic mass is 16.5. The third kappa shape index (κ3) is 2.69. The first kappa shape index (κ1) is 14.3. The molecule has 0 unspecified atom stereocenters. The van der Waals surface area contributed by atoms with Gasteiger partial charge in [-0.1, -0.05) is 12.1 Å². The molecule has 0 fully saturated rings. The number of hydrogen-bond acceptors (Lipinski definition) is 5. The second-order valence-corrected chi connectivity index (χ2v) is 5.30. The van der Waals surface area contributed by atoms with E-state index in [1.165, 1.54) is 0 Å². The molecule has 0 saturated carbocycles. The van der Waals surface area contributed by atoms with Crippen LogP contribution in [-0.4, -0.2) is 21.7 Å². The summed E-state index contributed by atoms with van der Waals surface area (Å²) in [6.45, 7) is 0.578. The molecule has 1 N–H and O–H groups in total. The number of benzene rings is 1. The van der Waals surface area contributed by atoms with Gasteiger partial charge in [0, 0.05) is 5.56 Å². The number of anilines is 1. The number of furan rings is 1. The summed E-state index contributed by atoms with van der Waals surface area (Å²) in [7, 11) is 1.66. The van der Waals surface area contributed by atoms with Crippen LogP contribution in [0.3, 0.4) is 0 Å². The minimum Gasteiger partial charge on any atom is -0.497 e. The van der Waals surface area contributed by atoms with Gasteiger partial charge in [-0.3, -0.25) is 0 Å². The number of nitrogens with one attached hydrogen (secondary N) is 1. The van der Waals surface area contributed by atoms with E-state index in [-0.39, 0.29) is 0 Å². The fourth-order valence-electron chi connectivity index (χ4n) is 2.54. The lowest BCUT2D eigenvalue weighted by atomic mass is 10.1. The zero-order valence-electron chi connectivity index (χ0n) is 13.1. The smallest absolute Gasteiger partial charge is 0.154 e. The number of methoxy groups -OCH3 is 1. The van der Waals surface area contributed by atoms with Gasteiger partial charge < -0.3 is 14.5 Å². The van der Waals surface area contributed by atoms with Crippen molar-refractivity contribution in [3.63, 3.8) is 0 Å². The molecule has 0 atom stereocenters. The molecule has 0 aliphatic carbocycles. The van der Waals surface area contributed by atoms with Gasteiger partial charge in [-0.15, -0.1) is 5.10 Å². The molecule has 6 heteroatoms. The van der Waals surface area contributed by atoms with Crippen molar-refractivity contribution in [2.75, 3.05) is 12.4 Å². The number of nitrogens with zero attached hydrogens (tertiary/aromatic N) is 3. The fraction of sp³-hybridized carbons (Fsp3) is 0.111. The average Bonchev–Trinajstić information content (AvgIpc) is 3.29. The summed E-state index contributed by atoms with van der Waals surface area (Å²) < 4.78 is 12.4.